The Morgan fingerprint density at radius 1 is 1.26 bits per heavy atom. The van der Waals surface area contributed by atoms with E-state index in [1.807, 2.05) is 39.0 Å². The largest absolute Gasteiger partial charge is 0.496 e. The molecule has 2 amide bonds. The lowest BCUT2D eigenvalue weighted by atomic mass is 10.1. The Hall–Kier alpha value is -1.75. The van der Waals surface area contributed by atoms with Gasteiger partial charge in [0.15, 0.2) is 0 Å². The highest BCUT2D eigenvalue weighted by Gasteiger charge is 2.24. The van der Waals surface area contributed by atoms with Crippen molar-refractivity contribution in [2.75, 3.05) is 7.11 Å². The molecule has 0 aromatic heterocycles. The Labute approximate surface area is 117 Å². The third kappa shape index (κ3) is 3.86. The van der Waals surface area contributed by atoms with Crippen molar-refractivity contribution < 1.29 is 14.3 Å². The number of benzene rings is 1. The SMILES string of the molecule is CC.COc1ccc(/C=C2\SC(=O)NC2=O)cc1C. The molecule has 2 rings (SSSR count). The van der Waals surface area contributed by atoms with Crippen LogP contribution in [0.3, 0.4) is 0 Å². The van der Waals surface area contributed by atoms with Crippen LogP contribution in [0.25, 0.3) is 6.08 Å². The number of aryl methyl sites for hydroxylation is 1. The molecule has 1 aliphatic heterocycles. The van der Waals surface area contributed by atoms with Crippen LogP contribution in [0.15, 0.2) is 23.1 Å². The molecule has 1 N–H and O–H groups in total. The molecule has 1 aliphatic rings. The molecule has 0 saturated carbocycles. The second-order valence-corrected chi connectivity index (χ2v) is 4.60. The summed E-state index contributed by atoms with van der Waals surface area (Å²) in [6, 6.07) is 5.58. The Balaban J connectivity index is 0.000000861. The predicted molar refractivity (Wildman–Crippen MR) is 78.2 cm³/mol. The van der Waals surface area contributed by atoms with Gasteiger partial charge in [-0.2, -0.15) is 0 Å². The van der Waals surface area contributed by atoms with E-state index in [1.54, 1.807) is 13.2 Å². The average molecular weight is 279 g/mol. The van der Waals surface area contributed by atoms with Crippen LogP contribution in [-0.2, 0) is 4.79 Å². The molecular formula is C14H17NO3S. The number of ether oxygens (including phenoxy) is 1. The number of carbonyl (C=O) groups is 2. The molecule has 1 saturated heterocycles. The third-order valence-corrected chi connectivity index (χ3v) is 3.17. The zero-order valence-corrected chi connectivity index (χ0v) is 12.3. The van der Waals surface area contributed by atoms with E-state index < -0.39 is 0 Å². The van der Waals surface area contributed by atoms with E-state index in [4.69, 9.17) is 4.74 Å². The van der Waals surface area contributed by atoms with Crippen LogP contribution < -0.4 is 10.1 Å². The Bertz CT molecular complexity index is 523. The quantitative estimate of drug-likeness (QED) is 0.843. The lowest BCUT2D eigenvalue weighted by molar-refractivity contribution is -0.115. The second-order valence-electron chi connectivity index (χ2n) is 3.58. The van der Waals surface area contributed by atoms with Crippen molar-refractivity contribution >= 4 is 29.0 Å². The first-order chi connectivity index (χ1) is 9.10. The van der Waals surface area contributed by atoms with Gasteiger partial charge in [0.1, 0.15) is 5.75 Å². The van der Waals surface area contributed by atoms with Crippen LogP contribution in [-0.4, -0.2) is 18.3 Å². The predicted octanol–water partition coefficient (Wildman–Crippen LogP) is 3.35. The van der Waals surface area contributed by atoms with Crippen LogP contribution in [0.2, 0.25) is 0 Å². The number of thioether (sulfide) groups is 1. The summed E-state index contributed by atoms with van der Waals surface area (Å²) in [5.41, 5.74) is 1.85. The van der Waals surface area contributed by atoms with E-state index in [0.29, 0.717) is 4.91 Å². The molecule has 1 aromatic rings. The van der Waals surface area contributed by atoms with Crippen LogP contribution >= 0.6 is 11.8 Å². The number of rotatable bonds is 2. The molecule has 0 radical (unpaired) electrons. The molecule has 1 fully saturated rings. The molecule has 102 valence electrons. The van der Waals surface area contributed by atoms with Gasteiger partial charge in [0.2, 0.25) is 0 Å². The van der Waals surface area contributed by atoms with Gasteiger partial charge in [-0.3, -0.25) is 14.9 Å². The van der Waals surface area contributed by atoms with Gasteiger partial charge < -0.3 is 4.74 Å². The molecule has 0 unspecified atom stereocenters. The van der Waals surface area contributed by atoms with Gasteiger partial charge in [-0.15, -0.1) is 0 Å². The molecule has 4 nitrogen and oxygen atoms in total. The number of amides is 2. The first-order valence-corrected chi connectivity index (χ1v) is 6.81. The van der Waals surface area contributed by atoms with Gasteiger partial charge in [0.25, 0.3) is 11.1 Å². The fourth-order valence-electron chi connectivity index (χ4n) is 1.56. The van der Waals surface area contributed by atoms with Gasteiger partial charge in [0.05, 0.1) is 12.0 Å². The molecule has 1 aromatic carbocycles. The Morgan fingerprint density at radius 3 is 2.42 bits per heavy atom. The summed E-state index contributed by atoms with van der Waals surface area (Å²) in [6.07, 6.45) is 1.69. The summed E-state index contributed by atoms with van der Waals surface area (Å²) in [7, 11) is 1.61. The van der Waals surface area contributed by atoms with Crippen molar-refractivity contribution in [1.29, 1.82) is 0 Å². The molecule has 5 heteroatoms. The summed E-state index contributed by atoms with van der Waals surface area (Å²) >= 11 is 0.915. The molecule has 0 aliphatic carbocycles. The highest BCUT2D eigenvalue weighted by Crippen LogP contribution is 2.27. The Kier molecular flexibility index (Phi) is 5.63. The molecule has 0 spiro atoms. The van der Waals surface area contributed by atoms with E-state index in [1.165, 1.54) is 0 Å². The molecule has 0 bridgehead atoms. The van der Waals surface area contributed by atoms with Crippen molar-refractivity contribution in [2.24, 2.45) is 0 Å². The maximum atomic E-state index is 11.4. The first-order valence-electron chi connectivity index (χ1n) is 5.99. The van der Waals surface area contributed by atoms with Crippen LogP contribution in [0.5, 0.6) is 5.75 Å². The average Bonchev–Trinajstić information content (AvgIpc) is 2.70. The lowest BCUT2D eigenvalue weighted by Crippen LogP contribution is -2.17. The van der Waals surface area contributed by atoms with E-state index in [0.717, 1.165) is 28.6 Å². The maximum Gasteiger partial charge on any atom is 0.290 e. The van der Waals surface area contributed by atoms with E-state index in [2.05, 4.69) is 5.32 Å². The smallest absolute Gasteiger partial charge is 0.290 e. The Morgan fingerprint density at radius 2 is 1.95 bits per heavy atom. The minimum Gasteiger partial charge on any atom is -0.496 e. The highest BCUT2D eigenvalue weighted by molar-refractivity contribution is 8.18. The maximum absolute atomic E-state index is 11.4. The second kappa shape index (κ2) is 6.99. The van der Waals surface area contributed by atoms with E-state index >= 15 is 0 Å². The number of methoxy groups -OCH3 is 1. The lowest BCUT2D eigenvalue weighted by Gasteiger charge is -2.04. The van der Waals surface area contributed by atoms with Crippen LogP contribution in [0.1, 0.15) is 25.0 Å². The minimum absolute atomic E-state index is 0.327. The minimum atomic E-state index is -0.339. The normalized spacial score (nSPS) is 15.9. The van der Waals surface area contributed by atoms with Crippen LogP contribution in [0, 0.1) is 6.92 Å². The third-order valence-electron chi connectivity index (χ3n) is 2.36. The standard InChI is InChI=1S/C12H11NO3S.C2H6/c1-7-5-8(3-4-9(7)16-2)6-10-11(14)13-12(15)17-10;1-2/h3-6H,1-2H3,(H,13,14,15);1-2H3/b10-6-;. The van der Waals surface area contributed by atoms with E-state index in [9.17, 15) is 9.59 Å². The summed E-state index contributed by atoms with van der Waals surface area (Å²) < 4.78 is 5.15. The van der Waals surface area contributed by atoms with Crippen molar-refractivity contribution in [3.63, 3.8) is 0 Å². The zero-order chi connectivity index (χ0) is 14.4. The van der Waals surface area contributed by atoms with Crippen molar-refractivity contribution in [2.45, 2.75) is 20.8 Å². The summed E-state index contributed by atoms with van der Waals surface area (Å²) in [5.74, 6) is 0.459. The fourth-order valence-corrected chi connectivity index (χ4v) is 2.25. The number of imide groups is 1. The summed E-state index contributed by atoms with van der Waals surface area (Å²) in [6.45, 7) is 5.92. The fraction of sp³-hybridized carbons (Fsp3) is 0.286. The van der Waals surface area contributed by atoms with Gasteiger partial charge in [-0.1, -0.05) is 19.9 Å². The number of nitrogens with one attached hydrogen (secondary N) is 1. The first kappa shape index (κ1) is 15.3. The summed E-state index contributed by atoms with van der Waals surface area (Å²) in [5, 5.41) is 1.89. The van der Waals surface area contributed by atoms with Crippen molar-refractivity contribution in [3.8, 4) is 5.75 Å². The molecule has 1 heterocycles. The van der Waals surface area contributed by atoms with Gasteiger partial charge in [-0.05, 0) is 48.0 Å². The van der Waals surface area contributed by atoms with Gasteiger partial charge >= 0.3 is 0 Å². The van der Waals surface area contributed by atoms with E-state index in [-0.39, 0.29) is 11.1 Å². The van der Waals surface area contributed by atoms with Gasteiger partial charge in [-0.25, -0.2) is 0 Å². The summed E-state index contributed by atoms with van der Waals surface area (Å²) in [4.78, 5) is 22.8. The monoisotopic (exact) mass is 279 g/mol. The van der Waals surface area contributed by atoms with Crippen molar-refractivity contribution in [1.82, 2.24) is 5.32 Å². The number of hydrogen-bond donors (Lipinski definition) is 1. The van der Waals surface area contributed by atoms with Gasteiger partial charge in [0, 0.05) is 0 Å². The molecule has 19 heavy (non-hydrogen) atoms. The zero-order valence-electron chi connectivity index (χ0n) is 11.4. The topological polar surface area (TPSA) is 55.4 Å². The number of carbonyl (C=O) groups excluding carboxylic acids is 2. The molecular weight excluding hydrogens is 262 g/mol. The number of hydrogen-bond acceptors (Lipinski definition) is 4. The van der Waals surface area contributed by atoms with Crippen molar-refractivity contribution in [3.05, 3.63) is 34.2 Å². The highest BCUT2D eigenvalue weighted by atomic mass is 32.2. The van der Waals surface area contributed by atoms with Crippen LogP contribution in [0.4, 0.5) is 4.79 Å². The molecule has 0 atom stereocenters.